The van der Waals surface area contributed by atoms with Crippen molar-refractivity contribution in [3.63, 3.8) is 0 Å². The molecule has 3 heterocycles. The van der Waals surface area contributed by atoms with Crippen LogP contribution < -0.4 is 4.74 Å². The van der Waals surface area contributed by atoms with Crippen molar-refractivity contribution in [2.75, 3.05) is 6.61 Å². The third-order valence-electron chi connectivity index (χ3n) is 5.22. The third kappa shape index (κ3) is 4.00. The average Bonchev–Trinajstić information content (AvgIpc) is 3.59. The number of furan rings is 1. The average molecular weight is 428 g/mol. The first-order valence-corrected chi connectivity index (χ1v) is 10.1. The number of benzene rings is 2. The Morgan fingerprint density at radius 1 is 1.16 bits per heavy atom. The molecule has 0 aliphatic carbocycles. The van der Waals surface area contributed by atoms with Crippen LogP contribution in [-0.4, -0.2) is 43.4 Å². The van der Waals surface area contributed by atoms with Crippen LogP contribution in [0.25, 0.3) is 5.69 Å². The van der Waals surface area contributed by atoms with Crippen LogP contribution in [0.5, 0.6) is 5.75 Å². The zero-order valence-corrected chi connectivity index (χ0v) is 17.3. The Labute approximate surface area is 183 Å². The maximum atomic E-state index is 13.1. The van der Waals surface area contributed by atoms with E-state index in [4.69, 9.17) is 9.15 Å². The first-order chi connectivity index (χ1) is 15.7. The van der Waals surface area contributed by atoms with Gasteiger partial charge in [0.2, 0.25) is 0 Å². The summed E-state index contributed by atoms with van der Waals surface area (Å²) < 4.78 is 12.9. The molecule has 4 aromatic rings. The van der Waals surface area contributed by atoms with Crippen molar-refractivity contribution in [1.82, 2.24) is 25.2 Å². The van der Waals surface area contributed by atoms with E-state index in [1.807, 2.05) is 55.5 Å². The Hall–Kier alpha value is -4.27. The van der Waals surface area contributed by atoms with E-state index >= 15 is 0 Å². The fourth-order valence-corrected chi connectivity index (χ4v) is 3.57. The molecule has 1 atom stereocenters. The lowest BCUT2D eigenvalue weighted by atomic mass is 10.0. The van der Waals surface area contributed by atoms with E-state index in [0.717, 1.165) is 17.0 Å². The van der Waals surface area contributed by atoms with Gasteiger partial charge in [-0.2, -0.15) is 5.10 Å². The van der Waals surface area contributed by atoms with Crippen molar-refractivity contribution < 1.29 is 13.9 Å². The van der Waals surface area contributed by atoms with Crippen molar-refractivity contribution >= 4 is 11.6 Å². The van der Waals surface area contributed by atoms with E-state index in [0.29, 0.717) is 17.9 Å². The summed E-state index contributed by atoms with van der Waals surface area (Å²) in [5, 5.41) is 17.2. The molecule has 5 rings (SSSR count). The number of carbonyl (C=O) groups is 1. The lowest BCUT2D eigenvalue weighted by Crippen LogP contribution is -2.31. The summed E-state index contributed by atoms with van der Waals surface area (Å²) in [6.45, 7) is 1.87. The first-order valence-electron chi connectivity index (χ1n) is 10.1. The van der Waals surface area contributed by atoms with Crippen LogP contribution >= 0.6 is 0 Å². The van der Waals surface area contributed by atoms with Crippen LogP contribution in [0.4, 0.5) is 0 Å². The number of hydrogen-bond acceptors (Lipinski definition) is 7. The van der Waals surface area contributed by atoms with E-state index < -0.39 is 0 Å². The van der Waals surface area contributed by atoms with E-state index in [2.05, 4.69) is 20.6 Å². The summed E-state index contributed by atoms with van der Waals surface area (Å²) in [4.78, 5) is 13.1. The number of hydrazone groups is 1. The Balaban J connectivity index is 1.34. The van der Waals surface area contributed by atoms with Crippen LogP contribution in [0.2, 0.25) is 0 Å². The molecular formula is C23H20N6O3. The quantitative estimate of drug-likeness (QED) is 0.467. The highest BCUT2D eigenvalue weighted by molar-refractivity contribution is 6.03. The highest BCUT2D eigenvalue weighted by Crippen LogP contribution is 2.33. The van der Waals surface area contributed by atoms with Gasteiger partial charge in [0.15, 0.2) is 6.61 Å². The van der Waals surface area contributed by atoms with Crippen molar-refractivity contribution in [2.24, 2.45) is 5.10 Å². The Kier molecular flexibility index (Phi) is 5.20. The molecule has 0 radical (unpaired) electrons. The minimum absolute atomic E-state index is 0.166. The zero-order valence-electron chi connectivity index (χ0n) is 17.3. The van der Waals surface area contributed by atoms with Gasteiger partial charge in [0.25, 0.3) is 5.91 Å². The molecule has 9 nitrogen and oxygen atoms in total. The SMILES string of the molecule is Cc1ccc(C2=NN(C(=O)COc3cccc(-n4cnnn4)c3)[C@@H](c3ccco3)C2)cc1. The minimum atomic E-state index is -0.315. The molecule has 2 aromatic heterocycles. The van der Waals surface area contributed by atoms with Crippen molar-refractivity contribution in [3.05, 3.63) is 90.1 Å². The number of nitrogens with zero attached hydrogens (tertiary/aromatic N) is 6. The normalized spacial score (nSPS) is 15.6. The second kappa shape index (κ2) is 8.46. The van der Waals surface area contributed by atoms with Gasteiger partial charge in [0.05, 0.1) is 17.7 Å². The second-order valence-corrected chi connectivity index (χ2v) is 7.43. The van der Waals surface area contributed by atoms with Crippen LogP contribution in [0.15, 0.2) is 82.8 Å². The number of aromatic nitrogens is 4. The lowest BCUT2D eigenvalue weighted by Gasteiger charge is -2.20. The van der Waals surface area contributed by atoms with Crippen LogP contribution in [0, 0.1) is 6.92 Å². The number of carbonyl (C=O) groups excluding carboxylic acids is 1. The fraction of sp³-hybridized carbons (Fsp3) is 0.174. The molecule has 1 aliphatic rings. The van der Waals surface area contributed by atoms with Crippen molar-refractivity contribution in [1.29, 1.82) is 0 Å². The Bertz CT molecular complexity index is 1230. The van der Waals surface area contributed by atoms with E-state index in [1.54, 1.807) is 18.4 Å². The van der Waals surface area contributed by atoms with Gasteiger partial charge in [0.1, 0.15) is 23.9 Å². The monoisotopic (exact) mass is 428 g/mol. The van der Waals surface area contributed by atoms with Crippen LogP contribution in [-0.2, 0) is 4.79 Å². The van der Waals surface area contributed by atoms with Gasteiger partial charge in [-0.15, -0.1) is 5.10 Å². The highest BCUT2D eigenvalue weighted by atomic mass is 16.5. The zero-order chi connectivity index (χ0) is 21.9. The molecule has 160 valence electrons. The summed E-state index contributed by atoms with van der Waals surface area (Å²) >= 11 is 0. The number of amides is 1. The molecule has 0 unspecified atom stereocenters. The molecule has 0 saturated heterocycles. The molecule has 0 saturated carbocycles. The molecule has 1 aliphatic heterocycles. The van der Waals surface area contributed by atoms with Crippen LogP contribution in [0.3, 0.4) is 0 Å². The summed E-state index contributed by atoms with van der Waals surface area (Å²) in [6, 6.07) is 18.6. The Morgan fingerprint density at radius 2 is 2.03 bits per heavy atom. The first kappa shape index (κ1) is 19.7. The fourth-order valence-electron chi connectivity index (χ4n) is 3.57. The Morgan fingerprint density at radius 3 is 2.78 bits per heavy atom. The van der Waals surface area contributed by atoms with Gasteiger partial charge in [-0.25, -0.2) is 9.69 Å². The van der Waals surface area contributed by atoms with Gasteiger partial charge < -0.3 is 9.15 Å². The molecule has 0 N–H and O–H groups in total. The van der Waals surface area contributed by atoms with Crippen molar-refractivity contribution in [3.8, 4) is 11.4 Å². The molecule has 0 spiro atoms. The predicted molar refractivity (Wildman–Crippen MR) is 115 cm³/mol. The lowest BCUT2D eigenvalue weighted by molar-refractivity contribution is -0.135. The van der Waals surface area contributed by atoms with E-state index in [9.17, 15) is 4.79 Å². The number of aryl methyl sites for hydroxylation is 1. The molecule has 9 heteroatoms. The van der Waals surface area contributed by atoms with Crippen molar-refractivity contribution in [2.45, 2.75) is 19.4 Å². The topological polar surface area (TPSA) is 98.6 Å². The largest absolute Gasteiger partial charge is 0.484 e. The number of ether oxygens (including phenoxy) is 1. The van der Waals surface area contributed by atoms with Gasteiger partial charge in [-0.1, -0.05) is 35.9 Å². The van der Waals surface area contributed by atoms with E-state index in [1.165, 1.54) is 21.6 Å². The molecule has 2 aromatic carbocycles. The van der Waals surface area contributed by atoms with Gasteiger partial charge in [0, 0.05) is 12.5 Å². The summed E-state index contributed by atoms with van der Waals surface area (Å²) in [6.07, 6.45) is 3.66. The van der Waals surface area contributed by atoms with Gasteiger partial charge in [-0.05, 0) is 47.2 Å². The molecular weight excluding hydrogens is 408 g/mol. The number of tetrazole rings is 1. The smallest absolute Gasteiger partial charge is 0.281 e. The van der Waals surface area contributed by atoms with E-state index in [-0.39, 0.29) is 18.6 Å². The van der Waals surface area contributed by atoms with Gasteiger partial charge >= 0.3 is 0 Å². The molecule has 32 heavy (non-hydrogen) atoms. The summed E-state index contributed by atoms with van der Waals surface area (Å²) in [5.74, 6) is 0.953. The predicted octanol–water partition coefficient (Wildman–Crippen LogP) is 3.32. The van der Waals surface area contributed by atoms with Crippen LogP contribution in [0.1, 0.15) is 29.3 Å². The maximum Gasteiger partial charge on any atom is 0.281 e. The molecule has 0 fully saturated rings. The summed E-state index contributed by atoms with van der Waals surface area (Å²) in [5.41, 5.74) is 3.72. The summed E-state index contributed by atoms with van der Waals surface area (Å²) in [7, 11) is 0. The second-order valence-electron chi connectivity index (χ2n) is 7.43. The highest BCUT2D eigenvalue weighted by Gasteiger charge is 2.35. The van der Waals surface area contributed by atoms with Gasteiger partial charge in [-0.3, -0.25) is 4.79 Å². The molecule has 1 amide bonds. The minimum Gasteiger partial charge on any atom is -0.484 e. The number of hydrogen-bond donors (Lipinski definition) is 0. The number of rotatable bonds is 6. The third-order valence-corrected chi connectivity index (χ3v) is 5.22. The standard InChI is InChI=1S/C23H20N6O3/c1-16-7-9-17(10-8-16)20-13-21(22-6-3-11-31-22)29(25-20)23(30)14-32-19-5-2-4-18(12-19)28-15-24-26-27-28/h2-12,15,21H,13-14H2,1H3/t21-/m1/s1. The molecule has 0 bridgehead atoms. The maximum absolute atomic E-state index is 13.1.